The van der Waals surface area contributed by atoms with E-state index in [0.29, 0.717) is 18.0 Å². The zero-order chi connectivity index (χ0) is 15.4. The lowest BCUT2D eigenvalue weighted by Crippen LogP contribution is -2.12. The molecule has 0 aliphatic carbocycles. The van der Waals surface area contributed by atoms with Gasteiger partial charge in [-0.25, -0.2) is 0 Å². The first-order valence-electron chi connectivity index (χ1n) is 6.54. The number of aromatic nitrogens is 3. The van der Waals surface area contributed by atoms with Crippen LogP contribution in [0.2, 0.25) is 0 Å². The van der Waals surface area contributed by atoms with E-state index in [9.17, 15) is 10.1 Å². The summed E-state index contributed by atoms with van der Waals surface area (Å²) in [5.41, 5.74) is 0.580. The van der Waals surface area contributed by atoms with E-state index in [2.05, 4.69) is 15.5 Å². The highest BCUT2D eigenvalue weighted by atomic mass is 16.6. The monoisotopic (exact) mass is 291 g/mol. The predicted molar refractivity (Wildman–Crippen MR) is 77.3 cm³/mol. The highest BCUT2D eigenvalue weighted by Crippen LogP contribution is 2.28. The molecule has 1 heterocycles. The van der Waals surface area contributed by atoms with Gasteiger partial charge in [-0.05, 0) is 13.8 Å². The van der Waals surface area contributed by atoms with E-state index < -0.39 is 4.92 Å². The van der Waals surface area contributed by atoms with Gasteiger partial charge in [-0.1, -0.05) is 0 Å². The minimum absolute atomic E-state index is 0.0198. The topological polar surface area (TPSA) is 95.1 Å². The summed E-state index contributed by atoms with van der Waals surface area (Å²) < 4.78 is 7.15. The van der Waals surface area contributed by atoms with E-state index in [4.69, 9.17) is 4.74 Å². The largest absolute Gasteiger partial charge is 0.494 e. The van der Waals surface area contributed by atoms with E-state index in [1.165, 1.54) is 12.1 Å². The molecule has 0 saturated carbocycles. The maximum absolute atomic E-state index is 11.0. The van der Waals surface area contributed by atoms with Crippen LogP contribution in [0.3, 0.4) is 0 Å². The Hall–Kier alpha value is -2.64. The molecule has 21 heavy (non-hydrogen) atoms. The van der Waals surface area contributed by atoms with Gasteiger partial charge in [-0.3, -0.25) is 10.1 Å². The Morgan fingerprint density at radius 3 is 2.81 bits per heavy atom. The van der Waals surface area contributed by atoms with Crippen LogP contribution in [0.1, 0.15) is 25.7 Å². The number of non-ortho nitro benzene ring substituents is 1. The van der Waals surface area contributed by atoms with Crippen molar-refractivity contribution in [3.05, 3.63) is 40.5 Å². The number of hydrogen-bond acceptors (Lipinski definition) is 6. The van der Waals surface area contributed by atoms with Gasteiger partial charge in [0.15, 0.2) is 5.82 Å². The zero-order valence-corrected chi connectivity index (χ0v) is 12.1. The van der Waals surface area contributed by atoms with Crippen molar-refractivity contribution in [1.29, 1.82) is 0 Å². The molecule has 0 aliphatic heterocycles. The van der Waals surface area contributed by atoms with E-state index >= 15 is 0 Å². The van der Waals surface area contributed by atoms with Crippen molar-refractivity contribution in [2.75, 3.05) is 11.9 Å². The molecule has 0 saturated heterocycles. The van der Waals surface area contributed by atoms with Crippen LogP contribution >= 0.6 is 0 Å². The third-order valence-electron chi connectivity index (χ3n) is 2.93. The molecule has 1 unspecified atom stereocenters. The third-order valence-corrected chi connectivity index (χ3v) is 2.93. The fourth-order valence-corrected chi connectivity index (χ4v) is 2.02. The normalized spacial score (nSPS) is 12.0. The highest BCUT2D eigenvalue weighted by molar-refractivity contribution is 5.57. The molecule has 1 aromatic heterocycles. The molecule has 8 nitrogen and oxygen atoms in total. The predicted octanol–water partition coefficient (Wildman–Crippen LogP) is 2.30. The number of ether oxygens (including phenoxy) is 1. The van der Waals surface area contributed by atoms with Gasteiger partial charge < -0.3 is 14.6 Å². The summed E-state index contributed by atoms with van der Waals surface area (Å²) in [7, 11) is 1.84. The molecule has 8 heteroatoms. The van der Waals surface area contributed by atoms with Gasteiger partial charge in [0.2, 0.25) is 0 Å². The highest BCUT2D eigenvalue weighted by Gasteiger charge is 2.15. The number of anilines is 1. The molecule has 2 rings (SSSR count). The fraction of sp³-hybridized carbons (Fsp3) is 0.385. The van der Waals surface area contributed by atoms with Gasteiger partial charge in [-0.15, -0.1) is 10.2 Å². The van der Waals surface area contributed by atoms with Crippen LogP contribution in [0, 0.1) is 10.1 Å². The van der Waals surface area contributed by atoms with Crippen molar-refractivity contribution in [1.82, 2.24) is 14.8 Å². The summed E-state index contributed by atoms with van der Waals surface area (Å²) in [4.78, 5) is 10.5. The second kappa shape index (κ2) is 6.21. The van der Waals surface area contributed by atoms with Crippen LogP contribution in [0.25, 0.3) is 0 Å². The van der Waals surface area contributed by atoms with Crippen molar-refractivity contribution in [2.24, 2.45) is 7.05 Å². The Morgan fingerprint density at radius 1 is 1.48 bits per heavy atom. The second-order valence-corrected chi connectivity index (χ2v) is 4.57. The van der Waals surface area contributed by atoms with Crippen LogP contribution in [-0.2, 0) is 7.05 Å². The van der Waals surface area contributed by atoms with Crippen LogP contribution < -0.4 is 10.1 Å². The van der Waals surface area contributed by atoms with Crippen molar-refractivity contribution in [3.8, 4) is 5.75 Å². The van der Waals surface area contributed by atoms with Gasteiger partial charge in [0.1, 0.15) is 12.1 Å². The first-order chi connectivity index (χ1) is 10.0. The van der Waals surface area contributed by atoms with Gasteiger partial charge in [0, 0.05) is 24.9 Å². The Labute approximate surface area is 121 Å². The molecule has 0 amide bonds. The zero-order valence-electron chi connectivity index (χ0n) is 12.1. The molecule has 0 spiro atoms. The number of aryl methyl sites for hydroxylation is 1. The van der Waals surface area contributed by atoms with Gasteiger partial charge in [0.05, 0.1) is 23.6 Å². The van der Waals surface area contributed by atoms with Gasteiger partial charge >= 0.3 is 0 Å². The molecule has 0 radical (unpaired) electrons. The summed E-state index contributed by atoms with van der Waals surface area (Å²) in [6, 6.07) is 4.45. The number of benzene rings is 1. The smallest absolute Gasteiger partial charge is 0.275 e. The number of hydrogen-bond donors (Lipinski definition) is 1. The summed E-state index contributed by atoms with van der Waals surface area (Å²) in [6.45, 7) is 4.18. The molecule has 2 aromatic rings. The summed E-state index contributed by atoms with van der Waals surface area (Å²) in [5.74, 6) is 1.19. The number of nitrogens with one attached hydrogen (secondary N) is 1. The van der Waals surface area contributed by atoms with Crippen molar-refractivity contribution < 1.29 is 9.66 Å². The van der Waals surface area contributed by atoms with E-state index in [0.717, 1.165) is 5.82 Å². The fourth-order valence-electron chi connectivity index (χ4n) is 2.02. The molecular formula is C13H17N5O3. The quantitative estimate of drug-likeness (QED) is 0.648. The summed E-state index contributed by atoms with van der Waals surface area (Å²) in [5, 5.41) is 22.0. The van der Waals surface area contributed by atoms with Crippen LogP contribution in [0.5, 0.6) is 5.75 Å². The second-order valence-electron chi connectivity index (χ2n) is 4.57. The maximum Gasteiger partial charge on any atom is 0.275 e. The van der Waals surface area contributed by atoms with E-state index in [1.54, 1.807) is 17.0 Å². The molecular weight excluding hydrogens is 274 g/mol. The van der Waals surface area contributed by atoms with Crippen molar-refractivity contribution >= 4 is 11.4 Å². The van der Waals surface area contributed by atoms with Crippen LogP contribution in [-0.4, -0.2) is 26.3 Å². The molecule has 1 aromatic carbocycles. The Bertz CT molecular complexity index is 640. The van der Waals surface area contributed by atoms with Crippen molar-refractivity contribution in [3.63, 3.8) is 0 Å². The average Bonchev–Trinajstić information content (AvgIpc) is 2.85. The van der Waals surface area contributed by atoms with Crippen LogP contribution in [0.15, 0.2) is 24.5 Å². The first kappa shape index (κ1) is 14.8. The summed E-state index contributed by atoms with van der Waals surface area (Å²) in [6.07, 6.45) is 1.60. The third kappa shape index (κ3) is 3.47. The molecule has 0 aliphatic rings. The standard InChI is InChI=1S/C13H17N5O3/c1-4-21-12-6-10(5-11(7-12)18(19)20)15-9(2)13-16-14-8-17(13)3/h5-9,15H,4H2,1-3H3. The van der Waals surface area contributed by atoms with Gasteiger partial charge in [0.25, 0.3) is 5.69 Å². The van der Waals surface area contributed by atoms with E-state index in [-0.39, 0.29) is 11.7 Å². The number of rotatable bonds is 6. The minimum atomic E-state index is -0.444. The molecule has 112 valence electrons. The number of nitrogens with zero attached hydrogens (tertiary/aromatic N) is 4. The minimum Gasteiger partial charge on any atom is -0.494 e. The Morgan fingerprint density at radius 2 is 2.24 bits per heavy atom. The Balaban J connectivity index is 2.26. The SMILES string of the molecule is CCOc1cc(NC(C)c2nncn2C)cc([N+](=O)[O-])c1. The molecule has 0 fully saturated rings. The lowest BCUT2D eigenvalue weighted by Gasteiger charge is -2.15. The number of nitro benzene ring substituents is 1. The summed E-state index contributed by atoms with van der Waals surface area (Å²) >= 11 is 0. The average molecular weight is 291 g/mol. The maximum atomic E-state index is 11.0. The van der Waals surface area contributed by atoms with Crippen molar-refractivity contribution in [2.45, 2.75) is 19.9 Å². The van der Waals surface area contributed by atoms with E-state index in [1.807, 2.05) is 20.9 Å². The molecule has 0 bridgehead atoms. The lowest BCUT2D eigenvalue weighted by atomic mass is 10.2. The molecule has 1 N–H and O–H groups in total. The Kier molecular flexibility index (Phi) is 4.36. The number of nitro groups is 1. The lowest BCUT2D eigenvalue weighted by molar-refractivity contribution is -0.384. The van der Waals surface area contributed by atoms with Gasteiger partial charge in [-0.2, -0.15) is 0 Å². The first-order valence-corrected chi connectivity index (χ1v) is 6.54. The molecule has 1 atom stereocenters. The van der Waals surface area contributed by atoms with Crippen LogP contribution in [0.4, 0.5) is 11.4 Å².